The molecule has 0 amide bonds. The molecule has 1 aliphatic carbocycles. The number of hydrogen-bond acceptors (Lipinski definition) is 2. The van der Waals surface area contributed by atoms with Gasteiger partial charge in [-0.25, -0.2) is 4.79 Å². The first-order chi connectivity index (χ1) is 8.65. The number of carboxylic acid groups (broad SMARTS) is 1. The summed E-state index contributed by atoms with van der Waals surface area (Å²) < 4.78 is 0. The van der Waals surface area contributed by atoms with E-state index in [-0.39, 0.29) is 0 Å². The normalized spacial score (nSPS) is 26.4. The number of rotatable bonds is 2. The number of aromatic carboxylic acids is 1. The van der Waals surface area contributed by atoms with Crippen LogP contribution < -0.4 is 4.90 Å². The highest BCUT2D eigenvalue weighted by Gasteiger charge is 2.37. The third kappa shape index (κ3) is 1.97. The lowest BCUT2D eigenvalue weighted by Gasteiger charge is -2.21. The number of nitrogens with zero attached hydrogens (tertiary/aromatic N) is 1. The van der Waals surface area contributed by atoms with Crippen LogP contribution in [0.5, 0.6) is 0 Å². The van der Waals surface area contributed by atoms with Crippen LogP contribution in [0, 0.1) is 11.8 Å². The second-order valence-corrected chi connectivity index (χ2v) is 5.76. The first-order valence-corrected chi connectivity index (χ1v) is 6.81. The molecule has 1 aromatic carbocycles. The number of benzene rings is 1. The molecule has 0 aromatic heterocycles. The van der Waals surface area contributed by atoms with Crippen molar-refractivity contribution < 1.29 is 9.90 Å². The van der Waals surface area contributed by atoms with Gasteiger partial charge < -0.3 is 10.0 Å². The maximum Gasteiger partial charge on any atom is 0.337 e. The molecule has 3 nitrogen and oxygen atoms in total. The zero-order valence-corrected chi connectivity index (χ0v) is 10.9. The molecule has 18 heavy (non-hydrogen) atoms. The summed E-state index contributed by atoms with van der Waals surface area (Å²) in [6.07, 6.45) is 3.89. The highest BCUT2D eigenvalue weighted by Crippen LogP contribution is 2.40. The molecule has 2 fully saturated rings. The fraction of sp³-hybridized carbons (Fsp3) is 0.500. The van der Waals surface area contributed by atoms with Gasteiger partial charge in [-0.15, -0.1) is 0 Å². The minimum absolute atomic E-state index is 0.361. The van der Waals surface area contributed by atoms with E-state index in [1.54, 1.807) is 18.2 Å². The van der Waals surface area contributed by atoms with Gasteiger partial charge >= 0.3 is 5.97 Å². The molecule has 1 heterocycles. The molecule has 0 spiro atoms. The smallest absolute Gasteiger partial charge is 0.337 e. The summed E-state index contributed by atoms with van der Waals surface area (Å²) in [6.45, 7) is 1.95. The summed E-state index contributed by atoms with van der Waals surface area (Å²) in [5, 5.41) is 9.85. The van der Waals surface area contributed by atoms with Crippen molar-refractivity contribution in [3.63, 3.8) is 0 Å². The molecule has 2 atom stereocenters. The maximum absolute atomic E-state index is 11.3. The van der Waals surface area contributed by atoms with Crippen LogP contribution in [-0.4, -0.2) is 24.2 Å². The van der Waals surface area contributed by atoms with Crippen LogP contribution in [0.3, 0.4) is 0 Å². The Morgan fingerprint density at radius 2 is 1.94 bits per heavy atom. The number of halogens is 1. The largest absolute Gasteiger partial charge is 0.478 e. The molecule has 1 saturated carbocycles. The summed E-state index contributed by atoms with van der Waals surface area (Å²) in [7, 11) is 0. The molecular formula is C14H16ClNO2. The van der Waals surface area contributed by atoms with Gasteiger partial charge in [0.15, 0.2) is 0 Å². The van der Waals surface area contributed by atoms with Gasteiger partial charge in [0, 0.05) is 18.1 Å². The topological polar surface area (TPSA) is 40.5 Å². The minimum Gasteiger partial charge on any atom is -0.478 e. The molecule has 96 valence electrons. The Bertz CT molecular complexity index is 477. The predicted molar refractivity (Wildman–Crippen MR) is 71.5 cm³/mol. The zero-order chi connectivity index (χ0) is 12.7. The van der Waals surface area contributed by atoms with E-state index in [1.807, 2.05) is 0 Å². The summed E-state index contributed by atoms with van der Waals surface area (Å²) in [5.41, 5.74) is 1.14. The molecule has 0 bridgehead atoms. The summed E-state index contributed by atoms with van der Waals surface area (Å²) in [6, 6.07) is 5.03. The Hall–Kier alpha value is -1.22. The van der Waals surface area contributed by atoms with E-state index < -0.39 is 5.97 Å². The molecule has 0 radical (unpaired) electrons. The fourth-order valence-electron chi connectivity index (χ4n) is 3.38. The van der Waals surface area contributed by atoms with Crippen molar-refractivity contribution in [2.24, 2.45) is 11.8 Å². The number of anilines is 1. The van der Waals surface area contributed by atoms with Crippen molar-refractivity contribution in [1.29, 1.82) is 0 Å². The summed E-state index contributed by atoms with van der Waals surface area (Å²) in [5.74, 6) is 0.606. The van der Waals surface area contributed by atoms with Gasteiger partial charge in [-0.2, -0.15) is 0 Å². The van der Waals surface area contributed by atoms with Gasteiger partial charge in [-0.05, 0) is 42.9 Å². The standard InChI is InChI=1S/C14H16ClNO2/c15-11-4-5-12(14(17)18)13(6-11)16-7-9-2-1-3-10(9)8-16/h4-6,9-10H,1-3,7-8H2,(H,17,18). The third-order valence-electron chi connectivity index (χ3n) is 4.26. The van der Waals surface area contributed by atoms with Crippen LogP contribution in [0.1, 0.15) is 29.6 Å². The van der Waals surface area contributed by atoms with Crippen LogP contribution in [0.4, 0.5) is 5.69 Å². The Morgan fingerprint density at radius 3 is 2.56 bits per heavy atom. The number of hydrogen-bond donors (Lipinski definition) is 1. The molecule has 3 rings (SSSR count). The molecule has 1 N–H and O–H groups in total. The maximum atomic E-state index is 11.3. The molecule has 1 aromatic rings. The van der Waals surface area contributed by atoms with Crippen molar-refractivity contribution in [3.05, 3.63) is 28.8 Å². The van der Waals surface area contributed by atoms with Crippen molar-refractivity contribution in [1.82, 2.24) is 0 Å². The van der Waals surface area contributed by atoms with E-state index in [4.69, 9.17) is 11.6 Å². The van der Waals surface area contributed by atoms with Gasteiger partial charge in [0.25, 0.3) is 0 Å². The minimum atomic E-state index is -0.876. The Balaban J connectivity index is 1.92. The Labute approximate surface area is 111 Å². The highest BCUT2D eigenvalue weighted by atomic mass is 35.5. The van der Waals surface area contributed by atoms with E-state index in [0.717, 1.165) is 30.6 Å². The van der Waals surface area contributed by atoms with Crippen LogP contribution in [0.15, 0.2) is 18.2 Å². The van der Waals surface area contributed by atoms with E-state index >= 15 is 0 Å². The van der Waals surface area contributed by atoms with Crippen molar-refractivity contribution in [3.8, 4) is 0 Å². The number of carboxylic acids is 1. The Morgan fingerprint density at radius 1 is 1.28 bits per heavy atom. The monoisotopic (exact) mass is 265 g/mol. The molecule has 1 aliphatic heterocycles. The summed E-state index contributed by atoms with van der Waals surface area (Å²) in [4.78, 5) is 13.5. The number of fused-ring (bicyclic) bond motifs is 1. The molecule has 2 unspecified atom stereocenters. The highest BCUT2D eigenvalue weighted by molar-refractivity contribution is 6.31. The van der Waals surface area contributed by atoms with Crippen LogP contribution >= 0.6 is 11.6 Å². The average molecular weight is 266 g/mol. The molecular weight excluding hydrogens is 250 g/mol. The molecule has 2 aliphatic rings. The fourth-order valence-corrected chi connectivity index (χ4v) is 3.55. The van der Waals surface area contributed by atoms with E-state index in [1.165, 1.54) is 19.3 Å². The van der Waals surface area contributed by atoms with Gasteiger partial charge in [0.2, 0.25) is 0 Å². The Kier molecular flexibility index (Phi) is 2.94. The van der Waals surface area contributed by atoms with Crippen LogP contribution in [0.2, 0.25) is 5.02 Å². The van der Waals surface area contributed by atoms with Crippen molar-refractivity contribution in [2.45, 2.75) is 19.3 Å². The zero-order valence-electron chi connectivity index (χ0n) is 10.1. The predicted octanol–water partition coefficient (Wildman–Crippen LogP) is 3.27. The lowest BCUT2D eigenvalue weighted by atomic mass is 10.0. The molecule has 4 heteroatoms. The quantitative estimate of drug-likeness (QED) is 0.892. The lowest BCUT2D eigenvalue weighted by Crippen LogP contribution is -2.23. The second-order valence-electron chi connectivity index (χ2n) is 5.32. The van der Waals surface area contributed by atoms with Crippen LogP contribution in [0.25, 0.3) is 0 Å². The van der Waals surface area contributed by atoms with E-state index in [9.17, 15) is 9.90 Å². The van der Waals surface area contributed by atoms with E-state index in [2.05, 4.69) is 4.90 Å². The first-order valence-electron chi connectivity index (χ1n) is 6.43. The molecule has 1 saturated heterocycles. The average Bonchev–Trinajstić information content (AvgIpc) is 2.88. The second kappa shape index (κ2) is 4.47. The SMILES string of the molecule is O=C(O)c1ccc(Cl)cc1N1CC2CCCC2C1. The van der Waals surface area contributed by atoms with Gasteiger partial charge in [0.05, 0.1) is 11.3 Å². The first kappa shape index (κ1) is 11.8. The van der Waals surface area contributed by atoms with Gasteiger partial charge in [-0.1, -0.05) is 18.0 Å². The van der Waals surface area contributed by atoms with Gasteiger partial charge in [-0.3, -0.25) is 0 Å². The van der Waals surface area contributed by atoms with E-state index in [0.29, 0.717) is 10.6 Å². The number of carbonyl (C=O) groups is 1. The van der Waals surface area contributed by atoms with Gasteiger partial charge in [0.1, 0.15) is 0 Å². The van der Waals surface area contributed by atoms with Crippen molar-refractivity contribution >= 4 is 23.3 Å². The third-order valence-corrected chi connectivity index (χ3v) is 4.49. The summed E-state index contributed by atoms with van der Waals surface area (Å²) >= 11 is 6.00. The van der Waals surface area contributed by atoms with Crippen molar-refractivity contribution in [2.75, 3.05) is 18.0 Å². The lowest BCUT2D eigenvalue weighted by molar-refractivity contribution is 0.0697. The van der Waals surface area contributed by atoms with Crippen LogP contribution in [-0.2, 0) is 0 Å².